The van der Waals surface area contributed by atoms with E-state index in [1.807, 2.05) is 0 Å². The van der Waals surface area contributed by atoms with Crippen molar-refractivity contribution in [2.24, 2.45) is 5.84 Å². The first-order valence-corrected chi connectivity index (χ1v) is 14.5. The van der Waals surface area contributed by atoms with Gasteiger partial charge in [-0.25, -0.2) is 0 Å². The zero-order valence-electron chi connectivity index (χ0n) is 23.4. The van der Waals surface area contributed by atoms with E-state index in [1.165, 1.54) is 61.2 Å². The molecule has 5 aromatic carbocycles. The molecule has 200 valence electrons. The molecule has 7 aromatic rings. The summed E-state index contributed by atoms with van der Waals surface area (Å²) in [6.45, 7) is 4.66. The number of hydrogen-bond donors (Lipinski definition) is 3. The normalized spacial score (nSPS) is 14.3. The quantitative estimate of drug-likeness (QED) is 0.106. The molecule has 6 heteroatoms. The Labute approximate surface area is 243 Å². The van der Waals surface area contributed by atoms with Crippen molar-refractivity contribution < 1.29 is 0 Å². The second-order valence-electron chi connectivity index (χ2n) is 12.0. The minimum absolute atomic E-state index is 0.0788. The highest BCUT2D eigenvalue weighted by Gasteiger charge is 2.41. The fourth-order valence-electron chi connectivity index (χ4n) is 8.12. The van der Waals surface area contributed by atoms with E-state index in [2.05, 4.69) is 131 Å². The van der Waals surface area contributed by atoms with Crippen molar-refractivity contribution in [2.45, 2.75) is 19.3 Å². The van der Waals surface area contributed by atoms with Crippen LogP contribution in [0.5, 0.6) is 0 Å². The molecule has 0 bridgehead atoms. The summed E-state index contributed by atoms with van der Waals surface area (Å²) in [6, 6.07) is 37.5. The molecule has 0 amide bonds. The maximum absolute atomic E-state index is 8.35. The van der Waals surface area contributed by atoms with Crippen LogP contribution in [0.1, 0.15) is 30.7 Å². The van der Waals surface area contributed by atoms with E-state index in [4.69, 9.17) is 11.3 Å². The fourth-order valence-corrected chi connectivity index (χ4v) is 8.12. The summed E-state index contributed by atoms with van der Waals surface area (Å²) in [5.74, 6) is 6.09. The molecule has 5 nitrogen and oxygen atoms in total. The van der Waals surface area contributed by atoms with Crippen LogP contribution in [-0.2, 0) is 5.41 Å². The monoisotopic (exact) mass is 541 g/mol. The average molecular weight is 541 g/mol. The van der Waals surface area contributed by atoms with Gasteiger partial charge in [0.25, 0.3) is 0 Å². The second kappa shape index (κ2) is 8.02. The molecule has 0 radical (unpaired) electrons. The highest BCUT2D eigenvalue weighted by atomic mass is 15.2. The van der Waals surface area contributed by atoms with E-state index < -0.39 is 0 Å². The van der Waals surface area contributed by atoms with Crippen molar-refractivity contribution in [3.8, 4) is 16.8 Å². The van der Waals surface area contributed by atoms with Crippen molar-refractivity contribution in [3.63, 3.8) is 0 Å². The van der Waals surface area contributed by atoms with Crippen molar-refractivity contribution >= 4 is 62.4 Å². The van der Waals surface area contributed by atoms with Crippen LogP contribution in [0.2, 0.25) is 0 Å². The van der Waals surface area contributed by atoms with Gasteiger partial charge in [-0.2, -0.15) is 0 Å². The number of rotatable bonds is 3. The Hall–Kier alpha value is -5.07. The first kappa shape index (κ1) is 23.6. The summed E-state index contributed by atoms with van der Waals surface area (Å²) in [5.41, 5.74) is 16.8. The van der Waals surface area contributed by atoms with E-state index in [9.17, 15) is 0 Å². The molecule has 42 heavy (non-hydrogen) atoms. The van der Waals surface area contributed by atoms with Crippen molar-refractivity contribution in [1.82, 2.24) is 9.05 Å². The number of fused-ring (bicyclic) bond motifs is 9. The van der Waals surface area contributed by atoms with Gasteiger partial charge < -0.3 is 19.9 Å². The molecule has 0 spiro atoms. The van der Waals surface area contributed by atoms with Gasteiger partial charge >= 0.3 is 6.85 Å². The molecule has 2 aromatic heterocycles. The molecule has 0 unspecified atom stereocenters. The first-order valence-electron chi connectivity index (χ1n) is 14.5. The number of hydrazine groups is 1. The number of hydrogen-bond acceptors (Lipinski definition) is 3. The molecule has 9 rings (SSSR count). The number of nitrogens with zero attached hydrogens (tertiary/aromatic N) is 2. The van der Waals surface area contributed by atoms with Gasteiger partial charge in [-0.3, -0.25) is 5.84 Å². The largest absolute Gasteiger partial charge is 0.376 e. The summed E-state index contributed by atoms with van der Waals surface area (Å²) in [6.07, 6.45) is 1.41. The predicted octanol–water partition coefficient (Wildman–Crippen LogP) is 6.30. The van der Waals surface area contributed by atoms with Gasteiger partial charge in [-0.05, 0) is 45.3 Å². The zero-order chi connectivity index (χ0) is 28.3. The highest BCUT2D eigenvalue weighted by Crippen LogP contribution is 2.52. The number of aromatic nitrogens is 2. The SMILES string of the molecule is CC1(C)c2ccccc2-c2ccc3c4ccccc4n(B4c5ccccc5-n5c(C=N)c(NN)c6cccc4c65)c3c21. The van der Waals surface area contributed by atoms with Crippen LogP contribution in [-0.4, -0.2) is 22.1 Å². The second-order valence-corrected chi connectivity index (χ2v) is 12.0. The Balaban J connectivity index is 1.50. The van der Waals surface area contributed by atoms with Gasteiger partial charge in [-0.1, -0.05) is 105 Å². The molecule has 3 heterocycles. The summed E-state index contributed by atoms with van der Waals surface area (Å²) in [5, 5.41) is 11.9. The van der Waals surface area contributed by atoms with Gasteiger partial charge in [0.2, 0.25) is 0 Å². The van der Waals surface area contributed by atoms with E-state index in [1.54, 1.807) is 0 Å². The first-order chi connectivity index (χ1) is 20.6. The molecular formula is C36H28BN5. The Kier molecular flexibility index (Phi) is 4.51. The van der Waals surface area contributed by atoms with Gasteiger partial charge in [0.05, 0.1) is 16.9 Å². The van der Waals surface area contributed by atoms with Crippen LogP contribution >= 0.6 is 0 Å². The standard InChI is InChI=1S/C36H28BN5/c1-36(2)26-13-5-3-10-21(26)23-18-19-24-22-11-4-7-16-29(22)42(35(24)32(23)36)37-27-14-6-8-17-30(27)41-31(20-38)33(40-39)25-12-9-15-28(37)34(25)41/h3-20,38,40H,39H2,1-2H3. The Morgan fingerprint density at radius 3 is 2.33 bits per heavy atom. The summed E-state index contributed by atoms with van der Waals surface area (Å²) >= 11 is 0. The van der Waals surface area contributed by atoms with E-state index >= 15 is 0 Å². The van der Waals surface area contributed by atoms with Crippen molar-refractivity contribution in [3.05, 3.63) is 120 Å². The van der Waals surface area contributed by atoms with Crippen molar-refractivity contribution in [1.29, 1.82) is 5.41 Å². The molecular weight excluding hydrogens is 513 g/mol. The maximum atomic E-state index is 8.35. The van der Waals surface area contributed by atoms with E-state index in [0.717, 1.165) is 28.0 Å². The number of nitrogens with two attached hydrogens (primary N) is 1. The van der Waals surface area contributed by atoms with Crippen molar-refractivity contribution in [2.75, 3.05) is 5.43 Å². The summed E-state index contributed by atoms with van der Waals surface area (Å²) in [4.78, 5) is 0. The predicted molar refractivity (Wildman–Crippen MR) is 176 cm³/mol. The smallest absolute Gasteiger partial charge is 0.332 e. The lowest BCUT2D eigenvalue weighted by molar-refractivity contribution is 0.664. The molecule has 1 aliphatic carbocycles. The lowest BCUT2D eigenvalue weighted by atomic mass is 9.48. The Bertz CT molecular complexity index is 2300. The van der Waals surface area contributed by atoms with Crippen LogP contribution in [0.4, 0.5) is 5.69 Å². The third kappa shape index (κ3) is 2.66. The molecule has 4 N–H and O–H groups in total. The third-order valence-corrected chi connectivity index (χ3v) is 9.75. The van der Waals surface area contributed by atoms with E-state index in [-0.39, 0.29) is 12.3 Å². The number of anilines is 1. The van der Waals surface area contributed by atoms with Gasteiger partial charge in [-0.15, -0.1) is 0 Å². The number of nitrogens with one attached hydrogen (secondary N) is 2. The van der Waals surface area contributed by atoms with Gasteiger partial charge in [0, 0.05) is 44.5 Å². The molecule has 0 atom stereocenters. The number of para-hydroxylation sites is 3. The topological polar surface area (TPSA) is 71.8 Å². The van der Waals surface area contributed by atoms with Crippen LogP contribution < -0.4 is 22.2 Å². The minimum atomic E-state index is -0.165. The Morgan fingerprint density at radius 1 is 0.738 bits per heavy atom. The molecule has 2 aliphatic rings. The van der Waals surface area contributed by atoms with Crippen LogP contribution in [0.3, 0.4) is 0 Å². The van der Waals surface area contributed by atoms with Gasteiger partial charge in [0.15, 0.2) is 0 Å². The lowest BCUT2D eigenvalue weighted by Crippen LogP contribution is -2.53. The summed E-state index contributed by atoms with van der Waals surface area (Å²) < 4.78 is 4.80. The molecule has 0 saturated carbocycles. The van der Waals surface area contributed by atoms with Crippen LogP contribution in [0, 0.1) is 5.41 Å². The number of benzene rings is 5. The number of nitrogen functional groups attached to an aromatic ring is 1. The molecule has 1 aliphatic heterocycles. The maximum Gasteiger partial charge on any atom is 0.332 e. The molecule has 0 saturated heterocycles. The average Bonchev–Trinajstić information content (AvgIpc) is 3.62. The van der Waals surface area contributed by atoms with Gasteiger partial charge in [0.1, 0.15) is 0 Å². The summed E-state index contributed by atoms with van der Waals surface area (Å²) in [7, 11) is 0. The molecule has 0 fully saturated rings. The third-order valence-electron chi connectivity index (χ3n) is 9.75. The van der Waals surface area contributed by atoms with Crippen LogP contribution in [0.15, 0.2) is 103 Å². The Morgan fingerprint density at radius 2 is 1.48 bits per heavy atom. The minimum Gasteiger partial charge on any atom is -0.376 e. The lowest BCUT2D eigenvalue weighted by Gasteiger charge is -2.30. The highest BCUT2D eigenvalue weighted by molar-refractivity contribution is 6.88. The van der Waals surface area contributed by atoms with Crippen LogP contribution in [0.25, 0.3) is 49.5 Å². The zero-order valence-corrected chi connectivity index (χ0v) is 23.4. The fraction of sp³-hybridized carbons (Fsp3) is 0.0833. The van der Waals surface area contributed by atoms with E-state index in [0.29, 0.717) is 0 Å².